The predicted molar refractivity (Wildman–Crippen MR) is 97.2 cm³/mol. The van der Waals surface area contributed by atoms with Crippen LogP contribution in [-0.2, 0) is 0 Å². The maximum atomic E-state index is 5.76. The van der Waals surface area contributed by atoms with Crippen molar-refractivity contribution < 1.29 is 0 Å². The number of aromatic nitrogens is 1. The number of rotatable bonds is 1. The number of pyridine rings is 1. The Morgan fingerprint density at radius 2 is 1.67 bits per heavy atom. The van der Waals surface area contributed by atoms with Crippen LogP contribution in [0.5, 0.6) is 0 Å². The van der Waals surface area contributed by atoms with Gasteiger partial charge >= 0.3 is 0 Å². The van der Waals surface area contributed by atoms with Crippen molar-refractivity contribution in [2.24, 2.45) is 5.41 Å². The quantitative estimate of drug-likeness (QED) is 0.514. The largest absolute Gasteiger partial charge is 0.244 e. The molecule has 1 aromatic heterocycles. The molecule has 0 fully saturated rings. The smallest absolute Gasteiger partial charge is 0.129 e. The Kier molecular flexibility index (Phi) is 9.28. The van der Waals surface area contributed by atoms with Crippen LogP contribution in [0.15, 0.2) is 30.5 Å². The molecule has 0 saturated carbocycles. The monoisotopic (exact) mass is 307 g/mol. The van der Waals surface area contributed by atoms with Crippen LogP contribution >= 0.6 is 11.6 Å². The molecule has 2 aromatic rings. The number of nitrogens with zero attached hydrogens (tertiary/aromatic N) is 1. The number of hydrogen-bond donors (Lipinski definition) is 0. The van der Waals surface area contributed by atoms with E-state index >= 15 is 0 Å². The van der Waals surface area contributed by atoms with E-state index in [4.69, 9.17) is 11.6 Å². The number of fused-ring (bicyclic) bond motifs is 1. The first-order chi connectivity index (χ1) is 9.81. The number of benzene rings is 1. The molecule has 0 radical (unpaired) electrons. The molecule has 0 unspecified atom stereocenters. The van der Waals surface area contributed by atoms with E-state index in [0.717, 1.165) is 10.8 Å². The van der Waals surface area contributed by atoms with Gasteiger partial charge in [0.2, 0.25) is 0 Å². The molecule has 0 aliphatic rings. The Labute approximate surface area is 135 Å². The van der Waals surface area contributed by atoms with Gasteiger partial charge in [-0.1, -0.05) is 83.3 Å². The Morgan fingerprint density at radius 1 is 1.05 bits per heavy atom. The van der Waals surface area contributed by atoms with Crippen molar-refractivity contribution in [2.45, 2.75) is 61.3 Å². The average molecular weight is 308 g/mol. The molecule has 0 saturated heterocycles. The number of aryl methyl sites for hydroxylation is 1. The fraction of sp³-hybridized carbons (Fsp3) is 0.526. The summed E-state index contributed by atoms with van der Waals surface area (Å²) in [4.78, 5) is 4.00. The molecule has 1 nitrogen and oxygen atoms in total. The van der Waals surface area contributed by atoms with E-state index in [1.165, 1.54) is 18.4 Å². The highest BCUT2D eigenvalue weighted by Crippen LogP contribution is 2.19. The molecule has 0 amide bonds. The zero-order valence-electron chi connectivity index (χ0n) is 14.6. The summed E-state index contributed by atoms with van der Waals surface area (Å²) in [7, 11) is 0. The van der Waals surface area contributed by atoms with E-state index < -0.39 is 0 Å². The van der Waals surface area contributed by atoms with Crippen LogP contribution in [0.4, 0.5) is 0 Å². The minimum absolute atomic E-state index is 0.549. The van der Waals surface area contributed by atoms with Gasteiger partial charge in [0.1, 0.15) is 5.15 Å². The minimum Gasteiger partial charge on any atom is -0.244 e. The molecule has 0 aliphatic carbocycles. The van der Waals surface area contributed by atoms with Gasteiger partial charge in [-0.15, -0.1) is 0 Å². The van der Waals surface area contributed by atoms with Gasteiger partial charge in [-0.2, -0.15) is 0 Å². The fourth-order valence-electron chi connectivity index (χ4n) is 1.98. The molecule has 2 heteroatoms. The lowest BCUT2D eigenvalue weighted by Crippen LogP contribution is -2.02. The first kappa shape index (κ1) is 19.9. The predicted octanol–water partition coefficient (Wildman–Crippen LogP) is 7.06. The van der Waals surface area contributed by atoms with Crippen molar-refractivity contribution in [3.63, 3.8) is 0 Å². The summed E-state index contributed by atoms with van der Waals surface area (Å²) in [6.45, 7) is 15.1. The molecular weight excluding hydrogens is 278 g/mol. The van der Waals surface area contributed by atoms with Crippen LogP contribution in [0.3, 0.4) is 0 Å². The van der Waals surface area contributed by atoms with Crippen LogP contribution in [0.2, 0.25) is 5.15 Å². The Morgan fingerprint density at radius 3 is 2.14 bits per heavy atom. The lowest BCUT2D eigenvalue weighted by Gasteiger charge is -2.15. The molecule has 0 atom stereocenters. The molecule has 2 rings (SSSR count). The van der Waals surface area contributed by atoms with E-state index in [2.05, 4.69) is 51.7 Å². The van der Waals surface area contributed by atoms with Gasteiger partial charge in [0.15, 0.2) is 0 Å². The first-order valence-corrected chi connectivity index (χ1v) is 8.21. The van der Waals surface area contributed by atoms with E-state index in [1.54, 1.807) is 6.20 Å². The van der Waals surface area contributed by atoms with E-state index in [9.17, 15) is 0 Å². The standard InChI is InChI=1S/C10H8ClN.C7H16.C2H6/c1-7-2-3-8-6-12-10(11)5-9(8)4-7;1-5-6-7(2,3)4;1-2/h2-6H,1H3;5-6H2,1-4H3;1-2H3. The highest BCUT2D eigenvalue weighted by molar-refractivity contribution is 6.30. The molecule has 0 aliphatic heterocycles. The van der Waals surface area contributed by atoms with Crippen molar-refractivity contribution in [3.8, 4) is 0 Å². The summed E-state index contributed by atoms with van der Waals surface area (Å²) in [6, 6.07) is 8.10. The highest BCUT2D eigenvalue weighted by Gasteiger charge is 2.06. The van der Waals surface area contributed by atoms with Gasteiger partial charge < -0.3 is 0 Å². The summed E-state index contributed by atoms with van der Waals surface area (Å²) in [5.74, 6) is 0. The van der Waals surface area contributed by atoms with Crippen molar-refractivity contribution in [1.82, 2.24) is 4.98 Å². The number of halogens is 1. The van der Waals surface area contributed by atoms with Crippen LogP contribution in [0.25, 0.3) is 10.8 Å². The molecule has 0 spiro atoms. The maximum Gasteiger partial charge on any atom is 0.129 e. The zero-order valence-corrected chi connectivity index (χ0v) is 15.4. The molecule has 1 aromatic carbocycles. The third-order valence-corrected chi connectivity index (χ3v) is 3.05. The molecule has 0 bridgehead atoms. The van der Waals surface area contributed by atoms with Crippen LogP contribution in [0, 0.1) is 12.3 Å². The topological polar surface area (TPSA) is 12.9 Å². The summed E-state index contributed by atoms with van der Waals surface area (Å²) in [5.41, 5.74) is 1.79. The first-order valence-electron chi connectivity index (χ1n) is 7.84. The zero-order chi connectivity index (χ0) is 16.5. The van der Waals surface area contributed by atoms with Crippen molar-refractivity contribution in [2.75, 3.05) is 0 Å². The van der Waals surface area contributed by atoms with Gasteiger partial charge in [-0.25, -0.2) is 4.98 Å². The molecule has 1 heterocycles. The molecule has 21 heavy (non-hydrogen) atoms. The van der Waals surface area contributed by atoms with Gasteiger partial charge in [0, 0.05) is 11.6 Å². The lowest BCUT2D eigenvalue weighted by molar-refractivity contribution is 0.373. The Balaban J connectivity index is 0.000000385. The highest BCUT2D eigenvalue weighted by atomic mass is 35.5. The fourth-order valence-corrected chi connectivity index (χ4v) is 2.15. The second-order valence-electron chi connectivity index (χ2n) is 6.17. The van der Waals surface area contributed by atoms with Crippen LogP contribution in [0.1, 0.15) is 59.9 Å². The van der Waals surface area contributed by atoms with Gasteiger partial charge in [0.25, 0.3) is 0 Å². The second kappa shape index (κ2) is 9.78. The summed E-state index contributed by atoms with van der Waals surface area (Å²) < 4.78 is 0. The molecule has 0 N–H and O–H groups in total. The summed E-state index contributed by atoms with van der Waals surface area (Å²) in [5, 5.41) is 2.83. The number of hydrogen-bond acceptors (Lipinski definition) is 1. The average Bonchev–Trinajstić information content (AvgIpc) is 2.40. The van der Waals surface area contributed by atoms with Crippen molar-refractivity contribution in [1.29, 1.82) is 0 Å². The molecular formula is C19H30ClN. The van der Waals surface area contributed by atoms with Crippen LogP contribution in [-0.4, -0.2) is 4.98 Å². The van der Waals surface area contributed by atoms with Crippen LogP contribution < -0.4 is 0 Å². The minimum atomic E-state index is 0.549. The second-order valence-corrected chi connectivity index (χ2v) is 6.56. The lowest BCUT2D eigenvalue weighted by atomic mass is 9.91. The normalized spacial score (nSPS) is 10.3. The third kappa shape index (κ3) is 8.72. The van der Waals surface area contributed by atoms with Gasteiger partial charge in [-0.05, 0) is 30.2 Å². The van der Waals surface area contributed by atoms with Crippen molar-refractivity contribution >= 4 is 22.4 Å². The third-order valence-electron chi connectivity index (χ3n) is 2.84. The summed E-state index contributed by atoms with van der Waals surface area (Å²) >= 11 is 5.76. The van der Waals surface area contributed by atoms with Gasteiger partial charge in [-0.3, -0.25) is 0 Å². The van der Waals surface area contributed by atoms with E-state index in [-0.39, 0.29) is 0 Å². The van der Waals surface area contributed by atoms with Gasteiger partial charge in [0.05, 0.1) is 0 Å². The SMILES string of the molecule is CC.CCCC(C)(C)C.Cc1ccc2cnc(Cl)cc2c1. The van der Waals surface area contributed by atoms with E-state index in [1.807, 2.05) is 26.0 Å². The van der Waals surface area contributed by atoms with E-state index in [0.29, 0.717) is 10.6 Å². The maximum absolute atomic E-state index is 5.76. The Bertz CT molecular complexity index is 490. The molecule has 118 valence electrons. The Hall–Kier alpha value is -1.08. The van der Waals surface area contributed by atoms with Crippen molar-refractivity contribution in [3.05, 3.63) is 41.2 Å². The summed E-state index contributed by atoms with van der Waals surface area (Å²) in [6.07, 6.45) is 4.44.